The Morgan fingerprint density at radius 2 is 2.06 bits per heavy atom. The molecule has 96 valence electrons. The van der Waals surface area contributed by atoms with E-state index in [1.54, 1.807) is 0 Å². The van der Waals surface area contributed by atoms with E-state index >= 15 is 0 Å². The standard InChI is InChI=1S/C13H17N3O2/c1-9-15-10-6-12-13(18-8-17-12)7-11(10)16(9)5-3-2-4-14/h6-7H,2-5,8,14H2,1H3. The van der Waals surface area contributed by atoms with E-state index in [-0.39, 0.29) is 0 Å². The number of aromatic nitrogens is 2. The second-order valence-electron chi connectivity index (χ2n) is 4.50. The van der Waals surface area contributed by atoms with Gasteiger partial charge in [-0.05, 0) is 26.3 Å². The summed E-state index contributed by atoms with van der Waals surface area (Å²) in [6, 6.07) is 3.96. The van der Waals surface area contributed by atoms with Crippen molar-refractivity contribution in [3.63, 3.8) is 0 Å². The van der Waals surface area contributed by atoms with E-state index in [1.165, 1.54) is 0 Å². The van der Waals surface area contributed by atoms with Crippen LogP contribution in [-0.2, 0) is 6.54 Å². The second-order valence-corrected chi connectivity index (χ2v) is 4.50. The van der Waals surface area contributed by atoms with Crippen LogP contribution in [0.3, 0.4) is 0 Å². The van der Waals surface area contributed by atoms with Crippen LogP contribution < -0.4 is 15.2 Å². The van der Waals surface area contributed by atoms with Gasteiger partial charge in [0.25, 0.3) is 0 Å². The molecule has 0 saturated heterocycles. The fourth-order valence-electron chi connectivity index (χ4n) is 2.33. The molecule has 5 nitrogen and oxygen atoms in total. The van der Waals surface area contributed by atoms with Crippen molar-refractivity contribution in [1.29, 1.82) is 0 Å². The lowest BCUT2D eigenvalue weighted by atomic mass is 10.2. The van der Waals surface area contributed by atoms with Gasteiger partial charge < -0.3 is 19.8 Å². The minimum absolute atomic E-state index is 0.300. The molecule has 0 radical (unpaired) electrons. The number of unbranched alkanes of at least 4 members (excludes halogenated alkanes) is 1. The number of imidazole rings is 1. The number of aryl methyl sites for hydroxylation is 2. The molecule has 0 saturated carbocycles. The maximum atomic E-state index is 5.53. The summed E-state index contributed by atoms with van der Waals surface area (Å²) in [5.74, 6) is 2.61. The van der Waals surface area contributed by atoms with Gasteiger partial charge in [0.2, 0.25) is 6.79 Å². The Balaban J connectivity index is 1.99. The molecule has 0 unspecified atom stereocenters. The number of fused-ring (bicyclic) bond motifs is 2. The predicted octanol–water partition coefficient (Wildman–Crippen LogP) is 1.81. The summed E-state index contributed by atoms with van der Waals surface area (Å²) in [5, 5.41) is 0. The Morgan fingerprint density at radius 3 is 2.83 bits per heavy atom. The summed E-state index contributed by atoms with van der Waals surface area (Å²) >= 11 is 0. The third-order valence-corrected chi connectivity index (χ3v) is 3.27. The van der Waals surface area contributed by atoms with Crippen molar-refractivity contribution in [2.24, 2.45) is 5.73 Å². The molecule has 2 N–H and O–H groups in total. The SMILES string of the molecule is Cc1nc2cc3c(cc2n1CCCCN)OCO3. The highest BCUT2D eigenvalue weighted by Gasteiger charge is 2.17. The largest absolute Gasteiger partial charge is 0.454 e. The molecular formula is C13H17N3O2. The zero-order valence-corrected chi connectivity index (χ0v) is 10.5. The Morgan fingerprint density at radius 1 is 1.28 bits per heavy atom. The molecule has 0 spiro atoms. The molecule has 18 heavy (non-hydrogen) atoms. The van der Waals surface area contributed by atoms with E-state index in [2.05, 4.69) is 9.55 Å². The molecular weight excluding hydrogens is 230 g/mol. The summed E-state index contributed by atoms with van der Waals surface area (Å²) in [6.07, 6.45) is 2.10. The van der Waals surface area contributed by atoms with Gasteiger partial charge >= 0.3 is 0 Å². The number of benzene rings is 1. The van der Waals surface area contributed by atoms with E-state index in [0.29, 0.717) is 6.79 Å². The minimum atomic E-state index is 0.300. The normalized spacial score (nSPS) is 13.4. The van der Waals surface area contributed by atoms with Crippen LogP contribution in [0.2, 0.25) is 0 Å². The van der Waals surface area contributed by atoms with Gasteiger partial charge in [-0.2, -0.15) is 0 Å². The summed E-state index contributed by atoms with van der Waals surface area (Å²) in [7, 11) is 0. The minimum Gasteiger partial charge on any atom is -0.454 e. The van der Waals surface area contributed by atoms with Crippen molar-refractivity contribution in [3.8, 4) is 11.5 Å². The van der Waals surface area contributed by atoms with Crippen molar-refractivity contribution in [1.82, 2.24) is 9.55 Å². The lowest BCUT2D eigenvalue weighted by Crippen LogP contribution is -2.04. The predicted molar refractivity (Wildman–Crippen MR) is 68.9 cm³/mol. The van der Waals surface area contributed by atoms with Crippen LogP contribution in [0.5, 0.6) is 11.5 Å². The Bertz CT molecular complexity index is 577. The van der Waals surface area contributed by atoms with E-state index in [0.717, 1.165) is 54.3 Å². The van der Waals surface area contributed by atoms with Crippen LogP contribution in [-0.4, -0.2) is 22.9 Å². The number of rotatable bonds is 4. The van der Waals surface area contributed by atoms with Crippen molar-refractivity contribution in [2.75, 3.05) is 13.3 Å². The van der Waals surface area contributed by atoms with Crippen LogP contribution in [0.25, 0.3) is 11.0 Å². The quantitative estimate of drug-likeness (QED) is 0.837. The molecule has 1 aromatic heterocycles. The average Bonchev–Trinajstić information content (AvgIpc) is 2.91. The van der Waals surface area contributed by atoms with E-state index in [1.807, 2.05) is 19.1 Å². The molecule has 2 heterocycles. The molecule has 0 bridgehead atoms. The monoisotopic (exact) mass is 247 g/mol. The highest BCUT2D eigenvalue weighted by Crippen LogP contribution is 2.36. The Kier molecular flexibility index (Phi) is 2.83. The van der Waals surface area contributed by atoms with Crippen molar-refractivity contribution >= 4 is 11.0 Å². The first kappa shape index (κ1) is 11.3. The molecule has 1 aliphatic heterocycles. The fourth-order valence-corrected chi connectivity index (χ4v) is 2.33. The first-order valence-corrected chi connectivity index (χ1v) is 6.26. The average molecular weight is 247 g/mol. The Labute approximate surface area is 106 Å². The summed E-state index contributed by atoms with van der Waals surface area (Å²) < 4.78 is 13.0. The van der Waals surface area contributed by atoms with E-state index in [9.17, 15) is 0 Å². The van der Waals surface area contributed by atoms with E-state index < -0.39 is 0 Å². The van der Waals surface area contributed by atoms with Crippen LogP contribution in [0, 0.1) is 6.92 Å². The van der Waals surface area contributed by atoms with Crippen LogP contribution >= 0.6 is 0 Å². The van der Waals surface area contributed by atoms with Gasteiger partial charge in [-0.15, -0.1) is 0 Å². The van der Waals surface area contributed by atoms with Gasteiger partial charge in [0.05, 0.1) is 11.0 Å². The van der Waals surface area contributed by atoms with Crippen molar-refractivity contribution in [2.45, 2.75) is 26.3 Å². The first-order chi connectivity index (χ1) is 8.79. The molecule has 1 aliphatic rings. The van der Waals surface area contributed by atoms with Gasteiger partial charge in [0, 0.05) is 18.7 Å². The molecule has 2 aromatic rings. The topological polar surface area (TPSA) is 62.3 Å². The van der Waals surface area contributed by atoms with Gasteiger partial charge in [0.1, 0.15) is 5.82 Å². The molecule has 1 aromatic carbocycles. The third-order valence-electron chi connectivity index (χ3n) is 3.27. The summed E-state index contributed by atoms with van der Waals surface area (Å²) in [4.78, 5) is 4.57. The van der Waals surface area contributed by atoms with Crippen molar-refractivity contribution < 1.29 is 9.47 Å². The number of ether oxygens (including phenoxy) is 2. The maximum Gasteiger partial charge on any atom is 0.231 e. The lowest BCUT2D eigenvalue weighted by molar-refractivity contribution is 0.174. The van der Waals surface area contributed by atoms with Gasteiger partial charge in [-0.1, -0.05) is 0 Å². The number of hydrogen-bond acceptors (Lipinski definition) is 4. The van der Waals surface area contributed by atoms with Gasteiger partial charge in [-0.25, -0.2) is 4.98 Å². The van der Waals surface area contributed by atoms with Crippen molar-refractivity contribution in [3.05, 3.63) is 18.0 Å². The number of nitrogens with two attached hydrogens (primary N) is 1. The van der Waals surface area contributed by atoms with Gasteiger partial charge in [0.15, 0.2) is 11.5 Å². The summed E-state index contributed by atoms with van der Waals surface area (Å²) in [6.45, 7) is 4.00. The zero-order valence-electron chi connectivity index (χ0n) is 10.5. The highest BCUT2D eigenvalue weighted by atomic mass is 16.7. The van der Waals surface area contributed by atoms with Crippen LogP contribution in [0.15, 0.2) is 12.1 Å². The highest BCUT2D eigenvalue weighted by molar-refractivity contribution is 5.80. The number of nitrogens with zero attached hydrogens (tertiary/aromatic N) is 2. The molecule has 0 fully saturated rings. The Hall–Kier alpha value is -1.75. The molecule has 0 atom stereocenters. The van der Waals surface area contributed by atoms with Crippen LogP contribution in [0.1, 0.15) is 18.7 Å². The maximum absolute atomic E-state index is 5.53. The fraction of sp³-hybridized carbons (Fsp3) is 0.462. The zero-order chi connectivity index (χ0) is 12.5. The first-order valence-electron chi connectivity index (χ1n) is 6.26. The molecule has 5 heteroatoms. The molecule has 0 aliphatic carbocycles. The lowest BCUT2D eigenvalue weighted by Gasteiger charge is -2.06. The van der Waals surface area contributed by atoms with Crippen LogP contribution in [0.4, 0.5) is 0 Å². The smallest absolute Gasteiger partial charge is 0.231 e. The van der Waals surface area contributed by atoms with Gasteiger partial charge in [-0.3, -0.25) is 0 Å². The second kappa shape index (κ2) is 4.49. The number of hydrogen-bond donors (Lipinski definition) is 1. The van der Waals surface area contributed by atoms with E-state index in [4.69, 9.17) is 15.2 Å². The molecule has 0 amide bonds. The molecule has 3 rings (SSSR count). The summed E-state index contributed by atoms with van der Waals surface area (Å²) in [5.41, 5.74) is 7.60. The third kappa shape index (κ3) is 1.80.